The van der Waals surface area contributed by atoms with Crippen molar-refractivity contribution in [2.45, 2.75) is 38.5 Å². The Morgan fingerprint density at radius 2 is 2.12 bits per heavy atom. The van der Waals surface area contributed by atoms with Crippen molar-refractivity contribution >= 4 is 17.2 Å². The molecule has 0 atom stereocenters. The van der Waals surface area contributed by atoms with Gasteiger partial charge in [0.1, 0.15) is 22.3 Å². The maximum absolute atomic E-state index is 12.7. The number of nitrogens with zero attached hydrogens (tertiary/aromatic N) is 4. The van der Waals surface area contributed by atoms with Crippen LogP contribution in [-0.2, 0) is 13.1 Å². The Morgan fingerprint density at radius 3 is 2.88 bits per heavy atom. The van der Waals surface area contributed by atoms with Crippen molar-refractivity contribution in [2.24, 2.45) is 0 Å². The smallest absolute Gasteiger partial charge is 0.387 e. The van der Waals surface area contributed by atoms with Crippen LogP contribution in [0.2, 0.25) is 0 Å². The SMILES string of the molecule is O=C(c1sccc1OC(F)F)N1CCC(c2nnc3n2CCNC3)CC1. The van der Waals surface area contributed by atoms with Gasteiger partial charge in [0, 0.05) is 32.1 Å². The van der Waals surface area contributed by atoms with E-state index in [-0.39, 0.29) is 22.5 Å². The number of ether oxygens (including phenoxy) is 1. The summed E-state index contributed by atoms with van der Waals surface area (Å²) >= 11 is 1.13. The lowest BCUT2D eigenvalue weighted by Gasteiger charge is -2.32. The Bertz CT molecular complexity index is 785. The van der Waals surface area contributed by atoms with Gasteiger partial charge in [-0.2, -0.15) is 8.78 Å². The Morgan fingerprint density at radius 1 is 1.31 bits per heavy atom. The van der Waals surface area contributed by atoms with Crippen LogP contribution >= 0.6 is 11.3 Å². The van der Waals surface area contributed by atoms with Crippen molar-refractivity contribution < 1.29 is 18.3 Å². The maximum atomic E-state index is 12.7. The number of hydrogen-bond acceptors (Lipinski definition) is 6. The van der Waals surface area contributed by atoms with E-state index in [0.29, 0.717) is 13.1 Å². The monoisotopic (exact) mass is 383 g/mol. The average molecular weight is 383 g/mol. The molecule has 1 fully saturated rings. The Labute approximate surface area is 153 Å². The van der Waals surface area contributed by atoms with Gasteiger partial charge >= 0.3 is 6.61 Å². The molecule has 0 unspecified atom stereocenters. The third-order valence-electron chi connectivity index (χ3n) is 4.84. The van der Waals surface area contributed by atoms with Crippen molar-refractivity contribution in [1.82, 2.24) is 25.0 Å². The molecule has 4 rings (SSSR count). The van der Waals surface area contributed by atoms with Crippen molar-refractivity contribution in [3.05, 3.63) is 28.0 Å². The van der Waals surface area contributed by atoms with Gasteiger partial charge in [-0.15, -0.1) is 21.5 Å². The highest BCUT2D eigenvalue weighted by Gasteiger charge is 2.30. The number of carbonyl (C=O) groups excluding carboxylic acids is 1. The summed E-state index contributed by atoms with van der Waals surface area (Å²) < 4.78 is 31.6. The van der Waals surface area contributed by atoms with Gasteiger partial charge in [-0.1, -0.05) is 0 Å². The highest BCUT2D eigenvalue weighted by molar-refractivity contribution is 7.12. The largest absolute Gasteiger partial charge is 0.433 e. The Kier molecular flexibility index (Phi) is 4.86. The van der Waals surface area contributed by atoms with E-state index in [1.165, 1.54) is 6.07 Å². The standard InChI is InChI=1S/C16H19F2N5O2S/c17-16(18)25-11-3-8-26-13(11)15(24)22-5-1-10(2-6-22)14-21-20-12-9-19-4-7-23(12)14/h3,8,10,16,19H,1-2,4-7,9H2. The van der Waals surface area contributed by atoms with Gasteiger partial charge in [0.2, 0.25) is 0 Å². The van der Waals surface area contributed by atoms with Gasteiger partial charge in [0.15, 0.2) is 0 Å². The molecule has 0 aromatic carbocycles. The van der Waals surface area contributed by atoms with E-state index in [1.807, 2.05) is 0 Å². The zero-order chi connectivity index (χ0) is 18.1. The van der Waals surface area contributed by atoms with E-state index in [9.17, 15) is 13.6 Å². The molecule has 0 bridgehead atoms. The van der Waals surface area contributed by atoms with Crippen LogP contribution in [0.5, 0.6) is 5.75 Å². The zero-order valence-electron chi connectivity index (χ0n) is 14.0. The summed E-state index contributed by atoms with van der Waals surface area (Å²) in [5.41, 5.74) is 0. The molecule has 2 aromatic heterocycles. The van der Waals surface area contributed by atoms with Gasteiger partial charge in [0.05, 0.1) is 6.54 Å². The lowest BCUT2D eigenvalue weighted by atomic mass is 9.95. The summed E-state index contributed by atoms with van der Waals surface area (Å²) in [6, 6.07) is 1.41. The topological polar surface area (TPSA) is 72.3 Å². The normalized spacial score (nSPS) is 18.2. The second-order valence-electron chi connectivity index (χ2n) is 6.36. The number of fused-ring (bicyclic) bond motifs is 1. The van der Waals surface area contributed by atoms with Crippen LogP contribution in [0.3, 0.4) is 0 Å². The Hall–Kier alpha value is -2.07. The maximum Gasteiger partial charge on any atom is 0.387 e. The first kappa shape index (κ1) is 17.3. The molecule has 0 radical (unpaired) electrons. The molecule has 0 aliphatic carbocycles. The summed E-state index contributed by atoms with van der Waals surface area (Å²) in [5.74, 6) is 1.92. The van der Waals surface area contributed by atoms with E-state index in [1.54, 1.807) is 10.3 Å². The number of piperidine rings is 1. The molecule has 2 aliphatic heterocycles. The first-order chi connectivity index (χ1) is 12.6. The van der Waals surface area contributed by atoms with E-state index < -0.39 is 6.61 Å². The first-order valence-electron chi connectivity index (χ1n) is 8.57. The molecule has 0 spiro atoms. The molecule has 26 heavy (non-hydrogen) atoms. The van der Waals surface area contributed by atoms with Crippen molar-refractivity contribution in [2.75, 3.05) is 19.6 Å². The number of thiophene rings is 1. The van der Waals surface area contributed by atoms with E-state index >= 15 is 0 Å². The van der Waals surface area contributed by atoms with Crippen LogP contribution in [0.4, 0.5) is 8.78 Å². The van der Waals surface area contributed by atoms with Crippen LogP contribution in [-0.4, -0.2) is 51.8 Å². The van der Waals surface area contributed by atoms with Crippen LogP contribution < -0.4 is 10.1 Å². The molecule has 1 N–H and O–H groups in total. The minimum atomic E-state index is -2.93. The fourth-order valence-electron chi connectivity index (χ4n) is 3.54. The molecule has 140 valence electrons. The quantitative estimate of drug-likeness (QED) is 0.875. The van der Waals surface area contributed by atoms with Crippen LogP contribution in [0, 0.1) is 0 Å². The molecule has 2 aromatic rings. The third kappa shape index (κ3) is 3.30. The predicted octanol–water partition coefficient (Wildman–Crippen LogP) is 2.06. The number of hydrogen-bond donors (Lipinski definition) is 1. The van der Waals surface area contributed by atoms with Gasteiger partial charge in [0.25, 0.3) is 5.91 Å². The second kappa shape index (κ2) is 7.28. The molecule has 1 saturated heterocycles. The summed E-state index contributed by atoms with van der Waals surface area (Å²) in [5, 5.41) is 13.5. The number of alkyl halides is 2. The number of likely N-dealkylation sites (tertiary alicyclic amines) is 1. The van der Waals surface area contributed by atoms with Crippen molar-refractivity contribution in [3.8, 4) is 5.75 Å². The number of rotatable bonds is 4. The minimum absolute atomic E-state index is 0.0452. The fourth-order valence-corrected chi connectivity index (χ4v) is 4.33. The highest BCUT2D eigenvalue weighted by Crippen LogP contribution is 2.32. The number of nitrogens with one attached hydrogen (secondary N) is 1. The molecule has 0 saturated carbocycles. The van der Waals surface area contributed by atoms with Crippen LogP contribution in [0.1, 0.15) is 40.1 Å². The number of halogens is 2. The lowest BCUT2D eigenvalue weighted by Crippen LogP contribution is -2.38. The Balaban J connectivity index is 1.42. The van der Waals surface area contributed by atoms with Crippen LogP contribution in [0.25, 0.3) is 0 Å². The molecular formula is C16H19F2N5O2S. The van der Waals surface area contributed by atoms with Gasteiger partial charge in [-0.25, -0.2) is 0 Å². The lowest BCUT2D eigenvalue weighted by molar-refractivity contribution is -0.0499. The number of amides is 1. The molecule has 7 nitrogen and oxygen atoms in total. The average Bonchev–Trinajstić information content (AvgIpc) is 3.27. The van der Waals surface area contributed by atoms with Gasteiger partial charge in [-0.3, -0.25) is 4.79 Å². The number of carbonyl (C=O) groups is 1. The summed E-state index contributed by atoms with van der Waals surface area (Å²) in [6.45, 7) is 0.693. The van der Waals surface area contributed by atoms with Gasteiger partial charge < -0.3 is 19.5 Å². The third-order valence-corrected chi connectivity index (χ3v) is 5.72. The highest BCUT2D eigenvalue weighted by atomic mass is 32.1. The van der Waals surface area contributed by atoms with Gasteiger partial charge in [-0.05, 0) is 24.3 Å². The van der Waals surface area contributed by atoms with E-state index in [2.05, 4.69) is 24.8 Å². The predicted molar refractivity (Wildman–Crippen MR) is 90.6 cm³/mol. The summed E-state index contributed by atoms with van der Waals surface area (Å²) in [4.78, 5) is 14.6. The number of aromatic nitrogens is 3. The van der Waals surface area contributed by atoms with Crippen molar-refractivity contribution in [1.29, 1.82) is 0 Å². The summed E-state index contributed by atoms with van der Waals surface area (Å²) in [6.07, 6.45) is 1.57. The fraction of sp³-hybridized carbons (Fsp3) is 0.562. The minimum Gasteiger partial charge on any atom is -0.433 e. The zero-order valence-corrected chi connectivity index (χ0v) is 14.8. The van der Waals surface area contributed by atoms with Crippen molar-refractivity contribution in [3.63, 3.8) is 0 Å². The van der Waals surface area contributed by atoms with Crippen LogP contribution in [0.15, 0.2) is 11.4 Å². The molecular weight excluding hydrogens is 364 g/mol. The second-order valence-corrected chi connectivity index (χ2v) is 7.28. The van der Waals surface area contributed by atoms with E-state index in [0.717, 1.165) is 55.5 Å². The molecule has 4 heterocycles. The van der Waals surface area contributed by atoms with E-state index in [4.69, 9.17) is 0 Å². The molecule has 10 heteroatoms. The molecule has 1 amide bonds. The summed E-state index contributed by atoms with van der Waals surface area (Å²) in [7, 11) is 0. The molecule has 2 aliphatic rings. The first-order valence-corrected chi connectivity index (χ1v) is 9.45.